The predicted octanol–water partition coefficient (Wildman–Crippen LogP) is 3.48. The minimum Gasteiger partial charge on any atom is -0.444 e. The van der Waals surface area contributed by atoms with Crippen LogP contribution in [0.3, 0.4) is 0 Å². The quantitative estimate of drug-likeness (QED) is 0.655. The molecular formula is C16H20N2O5. The van der Waals surface area contributed by atoms with Crippen LogP contribution in [0.1, 0.15) is 39.2 Å². The number of aliphatic hydroxyl groups is 1. The van der Waals surface area contributed by atoms with E-state index in [0.29, 0.717) is 18.4 Å². The number of hydrogen-bond donors (Lipinski definition) is 2. The molecule has 0 fully saturated rings. The van der Waals surface area contributed by atoms with Gasteiger partial charge in [-0.1, -0.05) is 12.1 Å². The van der Waals surface area contributed by atoms with Crippen LogP contribution in [-0.2, 0) is 4.74 Å². The number of nitrogens with one attached hydrogen (secondary N) is 1. The summed E-state index contributed by atoms with van der Waals surface area (Å²) in [5, 5.41) is 23.2. The normalized spacial score (nSPS) is 17.6. The summed E-state index contributed by atoms with van der Waals surface area (Å²) in [4.78, 5) is 22.5. The standard InChI is InChI=1S/C16H20N2O5/c1-16(2,3)23-15(20)17-13-7-5-11(9-14(13)18(21)22)10-4-6-12(19)8-10/h5,7-9,12,19H,4,6H2,1-3H3,(H,17,20). The fourth-order valence-electron chi connectivity index (χ4n) is 2.34. The van der Waals surface area contributed by atoms with Gasteiger partial charge in [0.25, 0.3) is 5.69 Å². The SMILES string of the molecule is CC(C)(C)OC(=O)Nc1ccc(C2=CC(O)CC2)cc1[N+](=O)[O-]. The lowest BCUT2D eigenvalue weighted by atomic mass is 10.0. The minimum absolute atomic E-state index is 0.0761. The van der Waals surface area contributed by atoms with Crippen LogP contribution in [0.2, 0.25) is 0 Å². The molecule has 0 aliphatic heterocycles. The summed E-state index contributed by atoms with van der Waals surface area (Å²) < 4.78 is 5.10. The number of carbonyl (C=O) groups is 1. The number of aliphatic hydroxyl groups excluding tert-OH is 1. The van der Waals surface area contributed by atoms with Crippen LogP contribution in [0.25, 0.3) is 5.57 Å². The number of nitro groups is 1. The second-order valence-electron chi connectivity index (χ2n) is 6.41. The summed E-state index contributed by atoms with van der Waals surface area (Å²) in [5.74, 6) is 0. The summed E-state index contributed by atoms with van der Waals surface area (Å²) in [6.07, 6.45) is 1.71. The van der Waals surface area contributed by atoms with E-state index in [9.17, 15) is 20.0 Å². The van der Waals surface area contributed by atoms with E-state index in [1.165, 1.54) is 12.1 Å². The summed E-state index contributed by atoms with van der Waals surface area (Å²) in [5.41, 5.74) is 0.707. The summed E-state index contributed by atoms with van der Waals surface area (Å²) in [6, 6.07) is 4.56. The Morgan fingerprint density at radius 1 is 1.43 bits per heavy atom. The zero-order valence-electron chi connectivity index (χ0n) is 13.3. The Balaban J connectivity index is 2.25. The molecule has 0 saturated carbocycles. The highest BCUT2D eigenvalue weighted by molar-refractivity contribution is 5.89. The highest BCUT2D eigenvalue weighted by Crippen LogP contribution is 2.33. The lowest BCUT2D eigenvalue weighted by Gasteiger charge is -2.19. The number of rotatable bonds is 3. The number of hydrogen-bond acceptors (Lipinski definition) is 5. The maximum atomic E-state index is 11.8. The first kappa shape index (κ1) is 17.0. The molecule has 7 nitrogen and oxygen atoms in total. The van der Waals surface area contributed by atoms with Gasteiger partial charge >= 0.3 is 6.09 Å². The second-order valence-corrected chi connectivity index (χ2v) is 6.41. The topological polar surface area (TPSA) is 102 Å². The molecule has 1 amide bonds. The molecule has 0 radical (unpaired) electrons. The molecule has 0 bridgehead atoms. The fraction of sp³-hybridized carbons (Fsp3) is 0.438. The maximum absolute atomic E-state index is 11.8. The highest BCUT2D eigenvalue weighted by Gasteiger charge is 2.22. The number of nitrogens with zero attached hydrogens (tertiary/aromatic N) is 1. The fourth-order valence-corrected chi connectivity index (χ4v) is 2.34. The van der Waals surface area contributed by atoms with Gasteiger partial charge in [0.2, 0.25) is 0 Å². The van der Waals surface area contributed by atoms with Gasteiger partial charge in [-0.05, 0) is 50.8 Å². The summed E-state index contributed by atoms with van der Waals surface area (Å²) in [6.45, 7) is 5.13. The van der Waals surface area contributed by atoms with Crippen LogP contribution in [0.5, 0.6) is 0 Å². The van der Waals surface area contributed by atoms with Crippen molar-refractivity contribution in [2.24, 2.45) is 0 Å². The van der Waals surface area contributed by atoms with Crippen molar-refractivity contribution in [1.82, 2.24) is 0 Å². The molecule has 0 aromatic heterocycles. The molecule has 0 saturated heterocycles. The Bertz CT molecular complexity index is 661. The molecule has 1 atom stereocenters. The molecule has 1 aliphatic rings. The van der Waals surface area contributed by atoms with Crippen LogP contribution in [0.4, 0.5) is 16.2 Å². The van der Waals surface area contributed by atoms with E-state index in [0.717, 1.165) is 5.57 Å². The van der Waals surface area contributed by atoms with Gasteiger partial charge in [-0.15, -0.1) is 0 Å². The van der Waals surface area contributed by atoms with Crippen molar-refractivity contribution in [2.75, 3.05) is 5.32 Å². The largest absolute Gasteiger partial charge is 0.444 e. The van der Waals surface area contributed by atoms with Crippen molar-refractivity contribution < 1.29 is 19.6 Å². The lowest BCUT2D eigenvalue weighted by Crippen LogP contribution is -2.27. The lowest BCUT2D eigenvalue weighted by molar-refractivity contribution is -0.383. The molecular weight excluding hydrogens is 300 g/mol. The van der Waals surface area contributed by atoms with Gasteiger partial charge in [0.1, 0.15) is 11.3 Å². The minimum atomic E-state index is -0.746. The molecule has 124 valence electrons. The van der Waals surface area contributed by atoms with E-state index in [-0.39, 0.29) is 11.4 Å². The van der Waals surface area contributed by atoms with Crippen molar-refractivity contribution in [1.29, 1.82) is 0 Å². The number of benzene rings is 1. The van der Waals surface area contributed by atoms with Crippen LogP contribution in [-0.4, -0.2) is 27.8 Å². The molecule has 0 heterocycles. The number of ether oxygens (including phenoxy) is 1. The third kappa shape index (κ3) is 4.53. The van der Waals surface area contributed by atoms with Gasteiger partial charge in [-0.25, -0.2) is 4.79 Å². The van der Waals surface area contributed by atoms with Crippen molar-refractivity contribution in [3.05, 3.63) is 40.0 Å². The van der Waals surface area contributed by atoms with Crippen LogP contribution in [0, 0.1) is 10.1 Å². The van der Waals surface area contributed by atoms with Crippen molar-refractivity contribution in [2.45, 2.75) is 45.3 Å². The van der Waals surface area contributed by atoms with E-state index in [4.69, 9.17) is 4.74 Å². The van der Waals surface area contributed by atoms with Crippen molar-refractivity contribution >= 4 is 23.0 Å². The van der Waals surface area contributed by atoms with Crippen molar-refractivity contribution in [3.63, 3.8) is 0 Å². The molecule has 7 heteroatoms. The third-order valence-corrected chi connectivity index (χ3v) is 3.30. The number of anilines is 1. The highest BCUT2D eigenvalue weighted by atomic mass is 16.6. The Labute approximate surface area is 134 Å². The number of amides is 1. The van der Waals surface area contributed by atoms with E-state index >= 15 is 0 Å². The molecule has 1 aromatic rings. The van der Waals surface area contributed by atoms with E-state index in [1.807, 2.05) is 0 Å². The smallest absolute Gasteiger partial charge is 0.412 e. The Kier molecular flexibility index (Phi) is 4.70. The molecule has 1 unspecified atom stereocenters. The van der Waals surface area contributed by atoms with Crippen LogP contribution < -0.4 is 5.32 Å². The molecule has 2 N–H and O–H groups in total. The van der Waals surface area contributed by atoms with Crippen molar-refractivity contribution in [3.8, 4) is 0 Å². The van der Waals surface area contributed by atoms with Gasteiger partial charge in [0.15, 0.2) is 0 Å². The first-order chi connectivity index (χ1) is 10.7. The third-order valence-electron chi connectivity index (χ3n) is 3.30. The van der Waals surface area contributed by atoms with Crippen LogP contribution in [0.15, 0.2) is 24.3 Å². The molecule has 2 rings (SSSR count). The monoisotopic (exact) mass is 320 g/mol. The Morgan fingerprint density at radius 2 is 2.13 bits per heavy atom. The average Bonchev–Trinajstić information content (AvgIpc) is 2.83. The maximum Gasteiger partial charge on any atom is 0.412 e. The molecule has 1 aliphatic carbocycles. The molecule has 1 aromatic carbocycles. The van der Waals surface area contributed by atoms with Crippen LogP contribution >= 0.6 is 0 Å². The zero-order chi connectivity index (χ0) is 17.2. The van der Waals surface area contributed by atoms with Gasteiger partial charge in [0, 0.05) is 6.07 Å². The summed E-state index contributed by atoms with van der Waals surface area (Å²) in [7, 11) is 0. The number of allylic oxidation sites excluding steroid dienone is 1. The molecule has 0 spiro atoms. The van der Waals surface area contributed by atoms with Gasteiger partial charge in [0.05, 0.1) is 11.0 Å². The van der Waals surface area contributed by atoms with E-state index in [1.54, 1.807) is 32.9 Å². The number of nitro benzene ring substituents is 1. The van der Waals surface area contributed by atoms with Gasteiger partial charge in [-0.3, -0.25) is 15.4 Å². The second kappa shape index (κ2) is 6.37. The zero-order valence-corrected chi connectivity index (χ0v) is 13.3. The average molecular weight is 320 g/mol. The van der Waals surface area contributed by atoms with E-state index in [2.05, 4.69) is 5.32 Å². The Hall–Kier alpha value is -2.41. The van der Waals surface area contributed by atoms with Gasteiger partial charge in [-0.2, -0.15) is 0 Å². The van der Waals surface area contributed by atoms with Gasteiger partial charge < -0.3 is 9.84 Å². The predicted molar refractivity (Wildman–Crippen MR) is 86.2 cm³/mol. The van der Waals surface area contributed by atoms with E-state index < -0.39 is 22.7 Å². The number of carbonyl (C=O) groups excluding carboxylic acids is 1. The molecule has 23 heavy (non-hydrogen) atoms. The first-order valence-corrected chi connectivity index (χ1v) is 7.33. The summed E-state index contributed by atoms with van der Waals surface area (Å²) >= 11 is 0. The Morgan fingerprint density at radius 3 is 2.65 bits per heavy atom. The first-order valence-electron chi connectivity index (χ1n) is 7.33.